The number of ether oxygens (including phenoxy) is 2. The smallest absolute Gasteiger partial charge is 0.121 e. The van der Waals surface area contributed by atoms with E-state index in [0.717, 1.165) is 18.8 Å². The number of hydrogen-bond donors (Lipinski definition) is 1. The molecule has 0 spiro atoms. The average molecular weight is 263 g/mol. The Bertz CT molecular complexity index is 457. The zero-order chi connectivity index (χ0) is 12.6. The first kappa shape index (κ1) is 12.9. The van der Waals surface area contributed by atoms with Crippen LogP contribution in [0.1, 0.15) is 4.88 Å². The standard InChI is InChI=1S/C14H17NO2S/c15-12-3-1-4-13(11-12)17-9-8-16-7-6-14-5-2-10-18-14/h1-5,10-11H,6-9,15H2. The minimum absolute atomic E-state index is 0.549. The van der Waals surface area contributed by atoms with Crippen molar-refractivity contribution in [1.82, 2.24) is 0 Å². The van der Waals surface area contributed by atoms with E-state index in [9.17, 15) is 0 Å². The van der Waals surface area contributed by atoms with E-state index in [1.165, 1.54) is 4.88 Å². The Morgan fingerprint density at radius 1 is 1.06 bits per heavy atom. The molecule has 0 aliphatic carbocycles. The first-order valence-electron chi connectivity index (χ1n) is 5.93. The quantitative estimate of drug-likeness (QED) is 0.617. The zero-order valence-corrected chi connectivity index (χ0v) is 11.0. The van der Waals surface area contributed by atoms with E-state index < -0.39 is 0 Å². The highest BCUT2D eigenvalue weighted by molar-refractivity contribution is 7.09. The molecule has 96 valence electrons. The molecule has 2 N–H and O–H groups in total. The van der Waals surface area contributed by atoms with Crippen molar-refractivity contribution in [2.45, 2.75) is 6.42 Å². The molecule has 0 fully saturated rings. The fourth-order valence-corrected chi connectivity index (χ4v) is 2.24. The number of thiophene rings is 1. The molecular formula is C14H17NO2S. The third kappa shape index (κ3) is 4.39. The van der Waals surface area contributed by atoms with Crippen molar-refractivity contribution in [2.24, 2.45) is 0 Å². The molecule has 1 aromatic carbocycles. The molecule has 0 saturated heterocycles. The first-order valence-corrected chi connectivity index (χ1v) is 6.81. The summed E-state index contributed by atoms with van der Waals surface area (Å²) in [7, 11) is 0. The van der Waals surface area contributed by atoms with Gasteiger partial charge >= 0.3 is 0 Å². The van der Waals surface area contributed by atoms with E-state index in [4.69, 9.17) is 15.2 Å². The van der Waals surface area contributed by atoms with Crippen LogP contribution in [0, 0.1) is 0 Å². The van der Waals surface area contributed by atoms with Gasteiger partial charge in [0.25, 0.3) is 0 Å². The molecule has 0 atom stereocenters. The van der Waals surface area contributed by atoms with Gasteiger partial charge in [-0.2, -0.15) is 0 Å². The summed E-state index contributed by atoms with van der Waals surface area (Å²) in [5, 5.41) is 2.08. The molecule has 0 aliphatic heterocycles. The third-order valence-corrected chi connectivity index (χ3v) is 3.36. The van der Waals surface area contributed by atoms with Crippen molar-refractivity contribution in [1.29, 1.82) is 0 Å². The maximum atomic E-state index is 5.65. The second-order valence-corrected chi connectivity index (χ2v) is 4.89. The lowest BCUT2D eigenvalue weighted by Crippen LogP contribution is -2.08. The van der Waals surface area contributed by atoms with E-state index in [0.29, 0.717) is 18.9 Å². The van der Waals surface area contributed by atoms with Crippen LogP contribution in [-0.2, 0) is 11.2 Å². The van der Waals surface area contributed by atoms with E-state index in [1.54, 1.807) is 11.3 Å². The maximum Gasteiger partial charge on any atom is 0.121 e. The van der Waals surface area contributed by atoms with Gasteiger partial charge in [0.1, 0.15) is 12.4 Å². The summed E-state index contributed by atoms with van der Waals surface area (Å²) in [5.74, 6) is 0.789. The SMILES string of the molecule is Nc1cccc(OCCOCCc2cccs2)c1. The molecule has 18 heavy (non-hydrogen) atoms. The van der Waals surface area contributed by atoms with Gasteiger partial charge in [-0.15, -0.1) is 11.3 Å². The zero-order valence-electron chi connectivity index (χ0n) is 10.2. The van der Waals surface area contributed by atoms with Crippen LogP contribution < -0.4 is 10.5 Å². The van der Waals surface area contributed by atoms with Crippen LogP contribution >= 0.6 is 11.3 Å². The molecule has 0 unspecified atom stereocenters. The van der Waals surface area contributed by atoms with Crippen molar-refractivity contribution < 1.29 is 9.47 Å². The number of hydrogen-bond acceptors (Lipinski definition) is 4. The molecule has 1 aromatic heterocycles. The molecule has 0 amide bonds. The van der Waals surface area contributed by atoms with Crippen molar-refractivity contribution in [3.8, 4) is 5.75 Å². The average Bonchev–Trinajstić information content (AvgIpc) is 2.87. The Labute approximate surface area is 111 Å². The summed E-state index contributed by atoms with van der Waals surface area (Å²) in [6.07, 6.45) is 0.968. The fourth-order valence-electron chi connectivity index (χ4n) is 1.55. The highest BCUT2D eigenvalue weighted by Crippen LogP contribution is 2.14. The van der Waals surface area contributed by atoms with Gasteiger partial charge in [0.2, 0.25) is 0 Å². The van der Waals surface area contributed by atoms with Gasteiger partial charge in [0, 0.05) is 23.1 Å². The molecule has 0 radical (unpaired) electrons. The molecule has 0 bridgehead atoms. The second-order valence-electron chi connectivity index (χ2n) is 3.86. The minimum Gasteiger partial charge on any atom is -0.491 e. The number of benzene rings is 1. The molecule has 2 aromatic rings. The van der Waals surface area contributed by atoms with Gasteiger partial charge in [-0.25, -0.2) is 0 Å². The Hall–Kier alpha value is -1.52. The fraction of sp³-hybridized carbons (Fsp3) is 0.286. The van der Waals surface area contributed by atoms with Gasteiger partial charge in [0.15, 0.2) is 0 Å². The Kier molecular flexibility index (Phi) is 5.05. The molecular weight excluding hydrogens is 246 g/mol. The highest BCUT2D eigenvalue weighted by Gasteiger charge is 1.96. The lowest BCUT2D eigenvalue weighted by Gasteiger charge is -2.07. The number of nitrogen functional groups attached to an aromatic ring is 1. The van der Waals surface area contributed by atoms with Crippen LogP contribution in [0.3, 0.4) is 0 Å². The van der Waals surface area contributed by atoms with E-state index in [-0.39, 0.29) is 0 Å². The normalized spacial score (nSPS) is 10.4. The largest absolute Gasteiger partial charge is 0.491 e. The van der Waals surface area contributed by atoms with Gasteiger partial charge in [-0.3, -0.25) is 0 Å². The van der Waals surface area contributed by atoms with E-state index in [2.05, 4.69) is 17.5 Å². The van der Waals surface area contributed by atoms with Crippen LogP contribution in [0.15, 0.2) is 41.8 Å². The predicted molar refractivity (Wildman–Crippen MR) is 75.2 cm³/mol. The summed E-state index contributed by atoms with van der Waals surface area (Å²) in [6.45, 7) is 1.88. The summed E-state index contributed by atoms with van der Waals surface area (Å²) in [4.78, 5) is 1.35. The van der Waals surface area contributed by atoms with Crippen LogP contribution in [0.4, 0.5) is 5.69 Å². The summed E-state index contributed by atoms with van der Waals surface area (Å²) in [5.41, 5.74) is 6.37. The number of anilines is 1. The Balaban J connectivity index is 1.56. The van der Waals surface area contributed by atoms with Gasteiger partial charge < -0.3 is 15.2 Å². The predicted octanol–water partition coefficient (Wildman–Crippen LogP) is 2.97. The molecule has 1 heterocycles. The topological polar surface area (TPSA) is 44.5 Å². The van der Waals surface area contributed by atoms with E-state index in [1.807, 2.05) is 24.3 Å². The summed E-state index contributed by atoms with van der Waals surface area (Å²) < 4.78 is 11.0. The lowest BCUT2D eigenvalue weighted by molar-refractivity contribution is 0.103. The first-order chi connectivity index (χ1) is 8.84. The van der Waals surface area contributed by atoms with Crippen molar-refractivity contribution in [3.63, 3.8) is 0 Å². The second kappa shape index (κ2) is 7.03. The monoisotopic (exact) mass is 263 g/mol. The van der Waals surface area contributed by atoms with Crippen LogP contribution in [0.5, 0.6) is 5.75 Å². The van der Waals surface area contributed by atoms with Crippen LogP contribution in [0.2, 0.25) is 0 Å². The minimum atomic E-state index is 0.549. The Morgan fingerprint density at radius 3 is 2.78 bits per heavy atom. The number of nitrogens with two attached hydrogens (primary N) is 1. The maximum absolute atomic E-state index is 5.65. The van der Waals surface area contributed by atoms with Gasteiger partial charge in [-0.1, -0.05) is 12.1 Å². The summed E-state index contributed by atoms with van der Waals surface area (Å²) in [6, 6.07) is 11.6. The lowest BCUT2D eigenvalue weighted by atomic mass is 10.3. The molecule has 0 saturated carbocycles. The van der Waals surface area contributed by atoms with Gasteiger partial charge in [-0.05, 0) is 23.6 Å². The molecule has 4 heteroatoms. The van der Waals surface area contributed by atoms with Gasteiger partial charge in [0.05, 0.1) is 13.2 Å². The highest BCUT2D eigenvalue weighted by atomic mass is 32.1. The summed E-state index contributed by atoms with van der Waals surface area (Å²) >= 11 is 1.76. The van der Waals surface area contributed by atoms with Crippen molar-refractivity contribution in [3.05, 3.63) is 46.7 Å². The van der Waals surface area contributed by atoms with Crippen molar-refractivity contribution in [2.75, 3.05) is 25.6 Å². The third-order valence-electron chi connectivity index (χ3n) is 2.43. The Morgan fingerprint density at radius 2 is 2.00 bits per heavy atom. The van der Waals surface area contributed by atoms with Crippen molar-refractivity contribution >= 4 is 17.0 Å². The molecule has 2 rings (SSSR count). The van der Waals surface area contributed by atoms with Crippen LogP contribution in [0.25, 0.3) is 0 Å². The van der Waals surface area contributed by atoms with Crippen LogP contribution in [-0.4, -0.2) is 19.8 Å². The molecule has 3 nitrogen and oxygen atoms in total. The number of rotatable bonds is 7. The molecule has 0 aliphatic rings. The van der Waals surface area contributed by atoms with E-state index >= 15 is 0 Å².